The molecule has 0 unspecified atom stereocenters. The first-order chi connectivity index (χ1) is 10.5. The van der Waals surface area contributed by atoms with Crippen LogP contribution in [0.5, 0.6) is 0 Å². The van der Waals surface area contributed by atoms with Gasteiger partial charge in [0, 0.05) is 53.5 Å². The minimum Gasteiger partial charge on any atom is -0.385 e. The number of aromatic nitrogens is 1. The molecule has 0 fully saturated rings. The van der Waals surface area contributed by atoms with E-state index in [0.717, 1.165) is 0 Å². The molecule has 1 rings (SSSR count). The number of carbonyl (C=O) groups excluding carboxylic acids is 2. The molecule has 22 heavy (non-hydrogen) atoms. The van der Waals surface area contributed by atoms with E-state index in [0.29, 0.717) is 19.6 Å². The Labute approximate surface area is 129 Å². The van der Waals surface area contributed by atoms with Gasteiger partial charge in [-0.3, -0.25) is 14.4 Å². The highest BCUT2D eigenvalue weighted by atomic mass is 16.5. The Hall–Kier alpha value is -2.15. The molecule has 1 heterocycles. The third-order valence-corrected chi connectivity index (χ3v) is 3.14. The second-order valence-electron chi connectivity index (χ2n) is 5.06. The van der Waals surface area contributed by atoms with Crippen molar-refractivity contribution < 1.29 is 14.3 Å². The van der Waals surface area contributed by atoms with Crippen LogP contribution in [0.2, 0.25) is 0 Å². The molecule has 0 atom stereocenters. The molecule has 2 amide bonds. The molecule has 0 radical (unpaired) electrons. The number of ether oxygens (including phenoxy) is 1. The van der Waals surface area contributed by atoms with E-state index in [9.17, 15) is 14.4 Å². The molecule has 0 saturated heterocycles. The van der Waals surface area contributed by atoms with Gasteiger partial charge in [0.15, 0.2) is 0 Å². The van der Waals surface area contributed by atoms with E-state index >= 15 is 0 Å². The van der Waals surface area contributed by atoms with Gasteiger partial charge in [-0.05, 0) is 18.6 Å². The molecule has 7 heteroatoms. The Balaban J connectivity index is 2.64. The van der Waals surface area contributed by atoms with Crippen molar-refractivity contribution in [3.8, 4) is 0 Å². The van der Waals surface area contributed by atoms with E-state index < -0.39 is 5.91 Å². The van der Waals surface area contributed by atoms with Crippen molar-refractivity contribution in [3.63, 3.8) is 0 Å². The molecule has 0 bridgehead atoms. The fraction of sp³-hybridized carbons (Fsp3) is 0.533. The number of pyridine rings is 1. The molecular weight excluding hydrogens is 286 g/mol. The van der Waals surface area contributed by atoms with Crippen LogP contribution in [0.25, 0.3) is 0 Å². The van der Waals surface area contributed by atoms with Gasteiger partial charge in [-0.25, -0.2) is 0 Å². The van der Waals surface area contributed by atoms with E-state index in [4.69, 9.17) is 4.74 Å². The maximum Gasteiger partial charge on any atom is 0.263 e. The van der Waals surface area contributed by atoms with E-state index in [1.165, 1.54) is 15.5 Å². The molecule has 1 N–H and O–H groups in total. The number of nitrogens with one attached hydrogen (secondary N) is 1. The monoisotopic (exact) mass is 309 g/mol. The molecule has 122 valence electrons. The number of hydrogen-bond donors (Lipinski definition) is 1. The number of carbonyl (C=O) groups is 2. The number of aryl methyl sites for hydroxylation is 1. The summed E-state index contributed by atoms with van der Waals surface area (Å²) < 4.78 is 6.43. The topological polar surface area (TPSA) is 80.6 Å². The fourth-order valence-corrected chi connectivity index (χ4v) is 1.87. The Kier molecular flexibility index (Phi) is 7.31. The molecular formula is C15H23N3O4. The van der Waals surface area contributed by atoms with Gasteiger partial charge in [-0.1, -0.05) is 0 Å². The first-order valence-corrected chi connectivity index (χ1v) is 7.14. The average molecular weight is 309 g/mol. The number of hydrogen-bond acceptors (Lipinski definition) is 4. The third kappa shape index (κ3) is 5.33. The predicted octanol–water partition coefficient (Wildman–Crippen LogP) is 0.0929. The maximum atomic E-state index is 12.2. The lowest BCUT2D eigenvalue weighted by Crippen LogP contribution is -2.35. The molecule has 1 aromatic heterocycles. The van der Waals surface area contributed by atoms with Gasteiger partial charge in [-0.15, -0.1) is 0 Å². The first kappa shape index (κ1) is 17.9. The molecule has 0 saturated carbocycles. The van der Waals surface area contributed by atoms with Crippen molar-refractivity contribution in [1.82, 2.24) is 14.8 Å². The summed E-state index contributed by atoms with van der Waals surface area (Å²) >= 11 is 0. The van der Waals surface area contributed by atoms with Crippen LogP contribution >= 0.6 is 0 Å². The highest BCUT2D eigenvalue weighted by Gasteiger charge is 2.12. The quantitative estimate of drug-likeness (QED) is 0.690. The Morgan fingerprint density at radius 2 is 2.09 bits per heavy atom. The zero-order chi connectivity index (χ0) is 16.5. The summed E-state index contributed by atoms with van der Waals surface area (Å²) in [6.45, 7) is 1.25. The lowest BCUT2D eigenvalue weighted by Gasteiger charge is -2.11. The highest BCUT2D eigenvalue weighted by molar-refractivity contribution is 5.94. The molecule has 0 aliphatic rings. The van der Waals surface area contributed by atoms with E-state index in [1.807, 2.05) is 0 Å². The van der Waals surface area contributed by atoms with Crippen LogP contribution in [-0.2, 0) is 16.1 Å². The van der Waals surface area contributed by atoms with Crippen molar-refractivity contribution in [1.29, 1.82) is 0 Å². The van der Waals surface area contributed by atoms with Crippen molar-refractivity contribution in [2.45, 2.75) is 19.4 Å². The fourth-order valence-electron chi connectivity index (χ4n) is 1.87. The van der Waals surface area contributed by atoms with Crippen molar-refractivity contribution in [2.24, 2.45) is 0 Å². The zero-order valence-electron chi connectivity index (χ0n) is 13.3. The molecule has 0 aliphatic heterocycles. The van der Waals surface area contributed by atoms with Crippen LogP contribution in [-0.4, -0.2) is 55.6 Å². The second-order valence-corrected chi connectivity index (χ2v) is 5.06. The predicted molar refractivity (Wildman–Crippen MR) is 82.8 cm³/mol. The van der Waals surface area contributed by atoms with Crippen LogP contribution in [0.1, 0.15) is 23.2 Å². The zero-order valence-corrected chi connectivity index (χ0v) is 13.3. The van der Waals surface area contributed by atoms with Crippen LogP contribution in [0, 0.1) is 0 Å². The van der Waals surface area contributed by atoms with Crippen LogP contribution in [0.3, 0.4) is 0 Å². The summed E-state index contributed by atoms with van der Waals surface area (Å²) in [7, 11) is 4.90. The first-order valence-electron chi connectivity index (χ1n) is 7.14. The summed E-state index contributed by atoms with van der Waals surface area (Å²) in [6, 6.07) is 3.15. The van der Waals surface area contributed by atoms with Gasteiger partial charge < -0.3 is 19.5 Å². The SMILES string of the molecule is COCCCn1cccc(C(=O)NCCC(=O)N(C)C)c1=O. The number of nitrogens with zero attached hydrogens (tertiary/aromatic N) is 2. The molecule has 7 nitrogen and oxygen atoms in total. The van der Waals surface area contributed by atoms with Crippen LogP contribution < -0.4 is 10.9 Å². The van der Waals surface area contributed by atoms with Gasteiger partial charge in [0.2, 0.25) is 5.91 Å². The Morgan fingerprint density at radius 1 is 1.36 bits per heavy atom. The third-order valence-electron chi connectivity index (χ3n) is 3.14. The summed E-state index contributed by atoms with van der Waals surface area (Å²) in [4.78, 5) is 37.1. The van der Waals surface area contributed by atoms with E-state index in [2.05, 4.69) is 5.32 Å². The Morgan fingerprint density at radius 3 is 2.73 bits per heavy atom. The summed E-state index contributed by atoms with van der Waals surface area (Å²) in [5.74, 6) is -0.539. The average Bonchev–Trinajstić information content (AvgIpc) is 2.48. The second kappa shape index (κ2) is 8.99. The van der Waals surface area contributed by atoms with Crippen molar-refractivity contribution in [3.05, 3.63) is 34.2 Å². The lowest BCUT2D eigenvalue weighted by molar-refractivity contribution is -0.128. The highest BCUT2D eigenvalue weighted by Crippen LogP contribution is 1.95. The van der Waals surface area contributed by atoms with Gasteiger partial charge in [0.1, 0.15) is 5.56 Å². The van der Waals surface area contributed by atoms with E-state index in [-0.39, 0.29) is 30.0 Å². The van der Waals surface area contributed by atoms with Crippen LogP contribution in [0.15, 0.2) is 23.1 Å². The molecule has 0 aromatic carbocycles. The summed E-state index contributed by atoms with van der Waals surface area (Å²) in [5.41, 5.74) is -0.257. The number of amides is 2. The van der Waals surface area contributed by atoms with Gasteiger partial charge in [0.05, 0.1) is 0 Å². The van der Waals surface area contributed by atoms with Gasteiger partial charge in [-0.2, -0.15) is 0 Å². The smallest absolute Gasteiger partial charge is 0.263 e. The minimum atomic E-state index is -0.461. The largest absolute Gasteiger partial charge is 0.385 e. The summed E-state index contributed by atoms with van der Waals surface area (Å²) in [6.07, 6.45) is 2.54. The van der Waals surface area contributed by atoms with Crippen molar-refractivity contribution >= 4 is 11.8 Å². The maximum absolute atomic E-state index is 12.2. The van der Waals surface area contributed by atoms with Crippen LogP contribution in [0.4, 0.5) is 0 Å². The molecule has 0 spiro atoms. The summed E-state index contributed by atoms with van der Waals surface area (Å²) in [5, 5.41) is 2.60. The normalized spacial score (nSPS) is 10.3. The standard InChI is InChI=1S/C15H23N3O4/c1-17(2)13(19)7-8-16-14(20)12-6-4-9-18(15(12)21)10-5-11-22-3/h4,6,9H,5,7-8,10-11H2,1-3H3,(H,16,20). The van der Waals surface area contributed by atoms with Gasteiger partial charge >= 0.3 is 0 Å². The van der Waals surface area contributed by atoms with Crippen molar-refractivity contribution in [2.75, 3.05) is 34.4 Å². The Bertz CT molecular complexity index is 566. The lowest BCUT2D eigenvalue weighted by atomic mass is 10.2. The number of rotatable bonds is 8. The van der Waals surface area contributed by atoms with Gasteiger partial charge in [0.25, 0.3) is 11.5 Å². The van der Waals surface area contributed by atoms with E-state index in [1.54, 1.807) is 33.5 Å². The molecule has 1 aromatic rings. The minimum absolute atomic E-state index is 0.0784. The number of methoxy groups -OCH3 is 1. The molecule has 0 aliphatic carbocycles.